The molecule has 0 aliphatic heterocycles. The molecular weight excluding hydrogens is 332 g/mol. The molecule has 0 saturated heterocycles. The van der Waals surface area contributed by atoms with Crippen LogP contribution in [0, 0.1) is 18.8 Å². The number of para-hydroxylation sites is 1. The van der Waals surface area contributed by atoms with Crippen molar-refractivity contribution in [1.82, 2.24) is 10.1 Å². The SMILES string of the molecule is C#N.Cc1cc(NC(=O)CS(=O)(=O)c2c[nH]c3ccccc23)no1.[HH]. The zero-order valence-corrected chi connectivity index (χ0v) is 13.5. The highest BCUT2D eigenvalue weighted by Gasteiger charge is 2.23. The molecule has 0 aliphatic carbocycles. The minimum atomic E-state index is -3.76. The molecule has 24 heavy (non-hydrogen) atoms. The van der Waals surface area contributed by atoms with Crippen LogP contribution >= 0.6 is 0 Å². The van der Waals surface area contributed by atoms with Crippen LogP contribution in [0.3, 0.4) is 0 Å². The maximum atomic E-state index is 12.4. The number of anilines is 1. The summed E-state index contributed by atoms with van der Waals surface area (Å²) in [6.45, 7) is 5.17. The molecule has 9 heteroatoms. The molecule has 0 unspecified atom stereocenters. The van der Waals surface area contributed by atoms with Crippen LogP contribution in [-0.2, 0) is 14.6 Å². The van der Waals surface area contributed by atoms with Crippen LogP contribution in [0.1, 0.15) is 7.19 Å². The molecule has 0 bridgehead atoms. The van der Waals surface area contributed by atoms with E-state index in [0.717, 1.165) is 0 Å². The molecule has 3 aromatic rings. The number of amides is 1. The molecule has 1 aromatic carbocycles. The van der Waals surface area contributed by atoms with Gasteiger partial charge in [0, 0.05) is 31.2 Å². The molecule has 2 N–H and O–H groups in total. The molecular formula is C15H16N4O4S. The quantitative estimate of drug-likeness (QED) is 0.744. The number of sulfone groups is 1. The van der Waals surface area contributed by atoms with Crippen LogP contribution in [0.5, 0.6) is 0 Å². The topological polar surface area (TPSA) is 129 Å². The number of aryl methyl sites for hydroxylation is 1. The second-order valence-electron chi connectivity index (χ2n) is 4.83. The minimum Gasteiger partial charge on any atom is -0.360 e. The number of benzene rings is 1. The van der Waals surface area contributed by atoms with Crippen molar-refractivity contribution in [2.24, 2.45) is 0 Å². The van der Waals surface area contributed by atoms with Gasteiger partial charge in [-0.15, -0.1) is 0 Å². The van der Waals surface area contributed by atoms with E-state index >= 15 is 0 Å². The second-order valence-corrected chi connectivity index (χ2v) is 6.79. The van der Waals surface area contributed by atoms with Crippen molar-refractivity contribution in [2.75, 3.05) is 11.1 Å². The molecule has 1 amide bonds. The van der Waals surface area contributed by atoms with Crippen molar-refractivity contribution >= 4 is 32.5 Å². The van der Waals surface area contributed by atoms with E-state index in [1.807, 2.05) is 0 Å². The van der Waals surface area contributed by atoms with Crippen molar-refractivity contribution in [3.63, 3.8) is 0 Å². The Morgan fingerprint density at radius 1 is 1.42 bits per heavy atom. The van der Waals surface area contributed by atoms with Gasteiger partial charge in [0.05, 0.1) is 4.90 Å². The summed E-state index contributed by atoms with van der Waals surface area (Å²) in [7, 11) is -3.76. The van der Waals surface area contributed by atoms with E-state index in [-0.39, 0.29) is 12.1 Å². The first-order chi connectivity index (χ1) is 11.5. The minimum absolute atomic E-state index is 0. The molecule has 0 spiro atoms. The van der Waals surface area contributed by atoms with Gasteiger partial charge >= 0.3 is 0 Å². The Bertz CT molecular complexity index is 991. The van der Waals surface area contributed by atoms with Crippen LogP contribution in [0.15, 0.2) is 45.9 Å². The lowest BCUT2D eigenvalue weighted by atomic mass is 10.2. The van der Waals surface area contributed by atoms with E-state index in [4.69, 9.17) is 9.78 Å². The van der Waals surface area contributed by atoms with Crippen LogP contribution in [0.4, 0.5) is 5.82 Å². The molecule has 2 aromatic heterocycles. The number of carbonyl (C=O) groups excluding carboxylic acids is 1. The third-order valence-electron chi connectivity index (χ3n) is 3.10. The number of aromatic nitrogens is 2. The molecule has 8 nitrogen and oxygen atoms in total. The molecule has 126 valence electrons. The van der Waals surface area contributed by atoms with Gasteiger partial charge in [0.2, 0.25) is 5.91 Å². The fourth-order valence-electron chi connectivity index (χ4n) is 2.16. The van der Waals surface area contributed by atoms with Crippen molar-refractivity contribution in [3.8, 4) is 6.57 Å². The van der Waals surface area contributed by atoms with E-state index < -0.39 is 21.5 Å². The largest absolute Gasteiger partial charge is 0.360 e. The van der Waals surface area contributed by atoms with Gasteiger partial charge in [-0.1, -0.05) is 23.4 Å². The fourth-order valence-corrected chi connectivity index (χ4v) is 3.48. The van der Waals surface area contributed by atoms with Crippen molar-refractivity contribution in [1.29, 1.82) is 5.26 Å². The van der Waals surface area contributed by atoms with Gasteiger partial charge in [-0.2, -0.15) is 0 Å². The maximum Gasteiger partial charge on any atom is 0.241 e. The van der Waals surface area contributed by atoms with Crippen molar-refractivity contribution < 1.29 is 19.2 Å². The molecule has 0 radical (unpaired) electrons. The molecule has 3 rings (SSSR count). The van der Waals surface area contributed by atoms with Gasteiger partial charge in [0.15, 0.2) is 15.7 Å². The van der Waals surface area contributed by atoms with Crippen molar-refractivity contribution in [2.45, 2.75) is 11.8 Å². The third-order valence-corrected chi connectivity index (χ3v) is 4.75. The number of nitrogens with zero attached hydrogens (tertiary/aromatic N) is 2. The normalized spacial score (nSPS) is 10.8. The van der Waals surface area contributed by atoms with E-state index in [9.17, 15) is 13.2 Å². The Kier molecular flexibility index (Phi) is 5.01. The first kappa shape index (κ1) is 17.2. The highest BCUT2D eigenvalue weighted by molar-refractivity contribution is 7.92. The average Bonchev–Trinajstić information content (AvgIpc) is 3.15. The molecule has 0 saturated carbocycles. The van der Waals surface area contributed by atoms with E-state index in [0.29, 0.717) is 16.7 Å². The number of carbonyl (C=O) groups is 1. The third kappa shape index (κ3) is 3.61. The van der Waals surface area contributed by atoms with Gasteiger partial charge in [-0.25, -0.2) is 13.7 Å². The molecule has 0 fully saturated rings. The number of hydrogen-bond donors (Lipinski definition) is 2. The lowest BCUT2D eigenvalue weighted by Gasteiger charge is -2.03. The number of nitrogens with one attached hydrogen (secondary N) is 2. The van der Waals surface area contributed by atoms with Gasteiger partial charge < -0.3 is 14.8 Å². The summed E-state index contributed by atoms with van der Waals surface area (Å²) in [4.78, 5) is 14.9. The first-order valence-corrected chi connectivity index (χ1v) is 8.39. The highest BCUT2D eigenvalue weighted by Crippen LogP contribution is 2.23. The maximum absolute atomic E-state index is 12.4. The van der Waals surface area contributed by atoms with Gasteiger partial charge in [0.25, 0.3) is 0 Å². The molecule has 2 heterocycles. The summed E-state index contributed by atoms with van der Waals surface area (Å²) in [5.41, 5.74) is 0.702. The Balaban J connectivity index is 0.00000101. The van der Waals surface area contributed by atoms with Crippen LogP contribution in [0.2, 0.25) is 0 Å². The second kappa shape index (κ2) is 6.97. The standard InChI is InChI=1S/C14H13N3O4S.CHN.H2/c1-9-6-13(17-21-9)16-14(18)8-22(19,20)12-7-15-11-5-3-2-4-10(11)12;1-2;/h2-7,15H,8H2,1H3,(H,16,17,18);1H;1H. The Morgan fingerprint density at radius 3 is 2.79 bits per heavy atom. The first-order valence-electron chi connectivity index (χ1n) is 6.73. The summed E-state index contributed by atoms with van der Waals surface area (Å²) in [6.07, 6.45) is 1.40. The fraction of sp³-hybridized carbons (Fsp3) is 0.133. The Morgan fingerprint density at radius 2 is 2.12 bits per heavy atom. The summed E-state index contributed by atoms with van der Waals surface area (Å²) in [5, 5.41) is 13.0. The number of hydrogen-bond acceptors (Lipinski definition) is 6. The monoisotopic (exact) mass is 348 g/mol. The Labute approximate surface area is 139 Å². The van der Waals surface area contributed by atoms with Crippen LogP contribution in [-0.4, -0.2) is 30.2 Å². The van der Waals surface area contributed by atoms with Gasteiger partial charge in [-0.05, 0) is 13.0 Å². The number of aromatic amines is 1. The predicted octanol–water partition coefficient (Wildman–Crippen LogP) is 2.26. The van der Waals surface area contributed by atoms with Crippen LogP contribution < -0.4 is 5.32 Å². The smallest absolute Gasteiger partial charge is 0.241 e. The summed E-state index contributed by atoms with van der Waals surface area (Å²) in [5.74, 6) is -0.620. The number of nitriles is 1. The van der Waals surface area contributed by atoms with Gasteiger partial charge in [0.1, 0.15) is 11.5 Å². The zero-order valence-electron chi connectivity index (χ0n) is 12.7. The Hall–Kier alpha value is -3.12. The number of rotatable bonds is 4. The number of fused-ring (bicyclic) bond motifs is 1. The van der Waals surface area contributed by atoms with E-state index in [2.05, 4.69) is 22.0 Å². The molecule has 0 atom stereocenters. The van der Waals surface area contributed by atoms with E-state index in [1.165, 1.54) is 12.3 Å². The summed E-state index contributed by atoms with van der Waals surface area (Å²) < 4.78 is 29.6. The lowest BCUT2D eigenvalue weighted by molar-refractivity contribution is -0.113. The molecule has 0 aliphatic rings. The van der Waals surface area contributed by atoms with E-state index in [1.54, 1.807) is 31.2 Å². The lowest BCUT2D eigenvalue weighted by Crippen LogP contribution is -2.23. The van der Waals surface area contributed by atoms with Crippen molar-refractivity contribution in [3.05, 3.63) is 42.3 Å². The van der Waals surface area contributed by atoms with Crippen LogP contribution in [0.25, 0.3) is 10.9 Å². The van der Waals surface area contributed by atoms with Gasteiger partial charge in [-0.3, -0.25) is 4.79 Å². The predicted molar refractivity (Wildman–Crippen MR) is 89.0 cm³/mol. The summed E-state index contributed by atoms with van der Waals surface area (Å²) >= 11 is 0. The zero-order chi connectivity index (χ0) is 17.7. The average molecular weight is 348 g/mol. The number of H-pyrrole nitrogens is 1. The highest BCUT2D eigenvalue weighted by atomic mass is 32.2. The summed E-state index contributed by atoms with van der Waals surface area (Å²) in [6, 6.07) is 8.52.